The molecule has 0 unspecified atom stereocenters. The van der Waals surface area contributed by atoms with Crippen LogP contribution < -0.4 is 11.1 Å². The number of aliphatic hydroxyl groups is 1. The quantitative estimate of drug-likeness (QED) is 0.711. The first-order valence-electron chi connectivity index (χ1n) is 6.86. The largest absolute Gasteiger partial charge is 0.390 e. The molecule has 0 saturated carbocycles. The average molecular weight is 287 g/mol. The fourth-order valence-electron chi connectivity index (χ4n) is 2.61. The van der Waals surface area contributed by atoms with Gasteiger partial charge < -0.3 is 16.2 Å². The molecule has 4 N–H and O–H groups in total. The first-order chi connectivity index (χ1) is 10.2. The molecule has 110 valence electrons. The van der Waals surface area contributed by atoms with Gasteiger partial charge in [-0.2, -0.15) is 0 Å². The lowest BCUT2D eigenvalue weighted by molar-refractivity contribution is 0.0853. The molecule has 0 spiro atoms. The SMILES string of the molecule is NCCn1cc(C(=O)N[C@@H]2c3ccccc3C[C@@H]2O)nn1. The molecule has 2 aromatic rings. The Morgan fingerprint density at radius 3 is 3.10 bits per heavy atom. The summed E-state index contributed by atoms with van der Waals surface area (Å²) in [5.41, 5.74) is 7.66. The Morgan fingerprint density at radius 2 is 2.29 bits per heavy atom. The van der Waals surface area contributed by atoms with E-state index in [1.165, 1.54) is 4.68 Å². The fraction of sp³-hybridized carbons (Fsp3) is 0.357. The van der Waals surface area contributed by atoms with E-state index in [0.717, 1.165) is 11.1 Å². The summed E-state index contributed by atoms with van der Waals surface area (Å²) in [4.78, 5) is 12.2. The van der Waals surface area contributed by atoms with Crippen molar-refractivity contribution >= 4 is 5.91 Å². The van der Waals surface area contributed by atoms with Gasteiger partial charge in [0, 0.05) is 13.0 Å². The average Bonchev–Trinajstić information content (AvgIpc) is 3.05. The number of aromatic nitrogens is 3. The van der Waals surface area contributed by atoms with Crippen LogP contribution >= 0.6 is 0 Å². The third-order valence-electron chi connectivity index (χ3n) is 3.62. The molecule has 1 aromatic heterocycles. The second-order valence-electron chi connectivity index (χ2n) is 5.08. The van der Waals surface area contributed by atoms with Gasteiger partial charge in [-0.25, -0.2) is 0 Å². The molecular weight excluding hydrogens is 270 g/mol. The highest BCUT2D eigenvalue weighted by Crippen LogP contribution is 2.31. The van der Waals surface area contributed by atoms with E-state index < -0.39 is 12.1 Å². The van der Waals surface area contributed by atoms with Crippen LogP contribution in [0.1, 0.15) is 27.7 Å². The Morgan fingerprint density at radius 1 is 1.48 bits per heavy atom. The summed E-state index contributed by atoms with van der Waals surface area (Å²) in [6.45, 7) is 0.939. The van der Waals surface area contributed by atoms with Crippen molar-refractivity contribution in [3.8, 4) is 0 Å². The maximum atomic E-state index is 12.2. The monoisotopic (exact) mass is 287 g/mol. The van der Waals surface area contributed by atoms with Gasteiger partial charge in [0.2, 0.25) is 0 Å². The van der Waals surface area contributed by atoms with E-state index in [1.54, 1.807) is 6.20 Å². The highest BCUT2D eigenvalue weighted by Gasteiger charge is 2.32. The Bertz CT molecular complexity index is 654. The van der Waals surface area contributed by atoms with E-state index in [2.05, 4.69) is 15.6 Å². The zero-order valence-corrected chi connectivity index (χ0v) is 11.4. The second kappa shape index (κ2) is 5.63. The van der Waals surface area contributed by atoms with Crippen molar-refractivity contribution in [1.82, 2.24) is 20.3 Å². The number of hydrogen-bond acceptors (Lipinski definition) is 5. The highest BCUT2D eigenvalue weighted by molar-refractivity contribution is 5.92. The second-order valence-corrected chi connectivity index (χ2v) is 5.08. The van der Waals surface area contributed by atoms with Gasteiger partial charge in [0.15, 0.2) is 5.69 Å². The number of carbonyl (C=O) groups is 1. The van der Waals surface area contributed by atoms with Crippen molar-refractivity contribution in [2.75, 3.05) is 6.54 Å². The van der Waals surface area contributed by atoms with Gasteiger partial charge in [0.25, 0.3) is 5.91 Å². The van der Waals surface area contributed by atoms with Gasteiger partial charge in [-0.1, -0.05) is 29.5 Å². The molecule has 0 fully saturated rings. The Kier molecular flexibility index (Phi) is 3.68. The van der Waals surface area contributed by atoms with Crippen LogP contribution in [-0.4, -0.2) is 38.7 Å². The molecule has 1 amide bonds. The molecule has 1 aliphatic carbocycles. The molecule has 1 heterocycles. The lowest BCUT2D eigenvalue weighted by atomic mass is 10.1. The van der Waals surface area contributed by atoms with Crippen LogP contribution in [0, 0.1) is 0 Å². The Hall–Kier alpha value is -2.25. The number of nitrogens with one attached hydrogen (secondary N) is 1. The smallest absolute Gasteiger partial charge is 0.274 e. The van der Waals surface area contributed by atoms with E-state index >= 15 is 0 Å². The van der Waals surface area contributed by atoms with Crippen molar-refractivity contribution < 1.29 is 9.90 Å². The van der Waals surface area contributed by atoms with Gasteiger partial charge in [-0.15, -0.1) is 5.10 Å². The lowest BCUT2D eigenvalue weighted by Gasteiger charge is -2.16. The molecule has 1 aromatic carbocycles. The number of fused-ring (bicyclic) bond motifs is 1. The number of amides is 1. The standard InChI is InChI=1S/C14H17N5O2/c15-5-6-19-8-11(17-18-19)14(21)16-13-10-4-2-1-3-9(10)7-12(13)20/h1-4,8,12-13,20H,5-7,15H2,(H,16,21)/t12-,13+/m0/s1. The van der Waals surface area contributed by atoms with Crippen molar-refractivity contribution in [2.45, 2.75) is 25.1 Å². The normalized spacial score (nSPS) is 20.3. The van der Waals surface area contributed by atoms with Crippen molar-refractivity contribution in [3.63, 3.8) is 0 Å². The number of aliphatic hydroxyl groups excluding tert-OH is 1. The molecule has 0 radical (unpaired) electrons. The summed E-state index contributed by atoms with van der Waals surface area (Å²) < 4.78 is 1.52. The van der Waals surface area contributed by atoms with E-state index in [1.807, 2.05) is 24.3 Å². The van der Waals surface area contributed by atoms with Gasteiger partial charge in [-0.3, -0.25) is 9.48 Å². The van der Waals surface area contributed by atoms with E-state index in [0.29, 0.717) is 19.5 Å². The van der Waals surface area contributed by atoms with Crippen LogP contribution in [0.4, 0.5) is 0 Å². The minimum absolute atomic E-state index is 0.222. The number of nitrogens with zero attached hydrogens (tertiary/aromatic N) is 3. The number of hydrogen-bond donors (Lipinski definition) is 3. The summed E-state index contributed by atoms with van der Waals surface area (Å²) in [7, 11) is 0. The van der Waals surface area contributed by atoms with Gasteiger partial charge in [0.05, 0.1) is 24.9 Å². The summed E-state index contributed by atoms with van der Waals surface area (Å²) >= 11 is 0. The van der Waals surface area contributed by atoms with Crippen LogP contribution in [0.3, 0.4) is 0 Å². The topological polar surface area (TPSA) is 106 Å². The summed E-state index contributed by atoms with van der Waals surface area (Å²) in [6, 6.07) is 7.29. The molecule has 0 bridgehead atoms. The molecule has 0 aliphatic heterocycles. The van der Waals surface area contributed by atoms with Gasteiger partial charge >= 0.3 is 0 Å². The van der Waals surface area contributed by atoms with Gasteiger partial charge in [0.1, 0.15) is 0 Å². The predicted molar refractivity (Wildman–Crippen MR) is 75.4 cm³/mol. The van der Waals surface area contributed by atoms with E-state index in [9.17, 15) is 9.90 Å². The van der Waals surface area contributed by atoms with Crippen molar-refractivity contribution in [2.24, 2.45) is 5.73 Å². The zero-order chi connectivity index (χ0) is 14.8. The van der Waals surface area contributed by atoms with Crippen molar-refractivity contribution in [1.29, 1.82) is 0 Å². The Labute approximate surface area is 121 Å². The predicted octanol–water partition coefficient (Wildman–Crippen LogP) is -0.375. The Balaban J connectivity index is 1.75. The molecule has 1 aliphatic rings. The van der Waals surface area contributed by atoms with Crippen molar-refractivity contribution in [3.05, 3.63) is 47.3 Å². The maximum absolute atomic E-state index is 12.2. The zero-order valence-electron chi connectivity index (χ0n) is 11.4. The fourth-order valence-corrected chi connectivity index (χ4v) is 2.61. The highest BCUT2D eigenvalue weighted by atomic mass is 16.3. The van der Waals surface area contributed by atoms with Crippen LogP contribution in [-0.2, 0) is 13.0 Å². The third-order valence-corrected chi connectivity index (χ3v) is 3.62. The number of benzene rings is 1. The molecule has 0 saturated heterocycles. The number of rotatable bonds is 4. The first-order valence-corrected chi connectivity index (χ1v) is 6.86. The maximum Gasteiger partial charge on any atom is 0.274 e. The molecule has 2 atom stereocenters. The molecule has 21 heavy (non-hydrogen) atoms. The third kappa shape index (κ3) is 2.65. The van der Waals surface area contributed by atoms with Crippen LogP contribution in [0.5, 0.6) is 0 Å². The van der Waals surface area contributed by atoms with Crippen LogP contribution in [0.2, 0.25) is 0 Å². The van der Waals surface area contributed by atoms with E-state index in [-0.39, 0.29) is 11.6 Å². The summed E-state index contributed by atoms with van der Waals surface area (Å²) in [5, 5.41) is 20.6. The van der Waals surface area contributed by atoms with Gasteiger partial charge in [-0.05, 0) is 11.1 Å². The molecular formula is C14H17N5O2. The minimum atomic E-state index is -0.620. The minimum Gasteiger partial charge on any atom is -0.390 e. The summed E-state index contributed by atoms with van der Waals surface area (Å²) in [6.07, 6.45) is 1.47. The molecule has 7 heteroatoms. The first kappa shape index (κ1) is 13.7. The van der Waals surface area contributed by atoms with E-state index in [4.69, 9.17) is 5.73 Å². The lowest BCUT2D eigenvalue weighted by Crippen LogP contribution is -2.34. The number of carbonyl (C=O) groups excluding carboxylic acids is 1. The molecule has 7 nitrogen and oxygen atoms in total. The van der Waals surface area contributed by atoms with Crippen LogP contribution in [0.15, 0.2) is 30.5 Å². The number of nitrogens with two attached hydrogens (primary N) is 1. The van der Waals surface area contributed by atoms with Crippen LogP contribution in [0.25, 0.3) is 0 Å². The molecule has 3 rings (SSSR count). The summed E-state index contributed by atoms with van der Waals surface area (Å²) in [5.74, 6) is -0.348.